The lowest BCUT2D eigenvalue weighted by atomic mass is 10.1. The Morgan fingerprint density at radius 3 is 2.55 bits per heavy atom. The van der Waals surface area contributed by atoms with E-state index >= 15 is 0 Å². The Balaban J connectivity index is 1.89. The number of aromatic nitrogens is 3. The molecule has 8 nitrogen and oxygen atoms in total. The van der Waals surface area contributed by atoms with E-state index < -0.39 is 0 Å². The fraction of sp³-hybridized carbons (Fsp3) is 0.143. The van der Waals surface area contributed by atoms with Gasteiger partial charge in [0.2, 0.25) is 0 Å². The summed E-state index contributed by atoms with van der Waals surface area (Å²) in [5.74, 6) is 2.48. The van der Waals surface area contributed by atoms with Crippen molar-refractivity contribution in [1.29, 1.82) is 0 Å². The minimum absolute atomic E-state index is 0.0608. The molecule has 0 fully saturated rings. The molecule has 148 valence electrons. The quantitative estimate of drug-likeness (QED) is 0.515. The van der Waals surface area contributed by atoms with E-state index in [4.69, 9.17) is 19.2 Å². The third-order valence-corrected chi connectivity index (χ3v) is 4.54. The van der Waals surface area contributed by atoms with Gasteiger partial charge in [-0.25, -0.2) is 4.98 Å². The zero-order valence-corrected chi connectivity index (χ0v) is 16.2. The lowest BCUT2D eigenvalue weighted by Crippen LogP contribution is -2.00. The number of benzene rings is 2. The van der Waals surface area contributed by atoms with Crippen LogP contribution in [0.15, 0.2) is 55.0 Å². The molecule has 2 aromatic carbocycles. The van der Waals surface area contributed by atoms with Gasteiger partial charge in [-0.2, -0.15) is 0 Å². The van der Waals surface area contributed by atoms with E-state index in [1.807, 2.05) is 28.8 Å². The van der Waals surface area contributed by atoms with E-state index in [1.165, 1.54) is 7.11 Å². The van der Waals surface area contributed by atoms with Gasteiger partial charge < -0.3 is 24.6 Å². The van der Waals surface area contributed by atoms with Gasteiger partial charge in [-0.05, 0) is 30.3 Å². The zero-order valence-electron chi connectivity index (χ0n) is 16.2. The van der Waals surface area contributed by atoms with Gasteiger partial charge in [-0.1, -0.05) is 0 Å². The van der Waals surface area contributed by atoms with Crippen LogP contribution in [-0.2, 0) is 0 Å². The van der Waals surface area contributed by atoms with Crippen LogP contribution in [0.5, 0.6) is 23.0 Å². The molecule has 2 heterocycles. The number of anilines is 2. The Kier molecular flexibility index (Phi) is 4.82. The van der Waals surface area contributed by atoms with Crippen LogP contribution in [-0.4, -0.2) is 40.8 Å². The highest BCUT2D eigenvalue weighted by molar-refractivity contribution is 5.82. The molecule has 2 aromatic heterocycles. The van der Waals surface area contributed by atoms with Crippen molar-refractivity contribution in [3.63, 3.8) is 0 Å². The van der Waals surface area contributed by atoms with Crippen molar-refractivity contribution in [2.45, 2.75) is 0 Å². The lowest BCUT2D eigenvalue weighted by molar-refractivity contribution is 0.373. The van der Waals surface area contributed by atoms with Crippen molar-refractivity contribution in [1.82, 2.24) is 14.4 Å². The molecule has 8 heteroatoms. The maximum atomic E-state index is 9.95. The minimum atomic E-state index is 0.0608. The number of methoxy groups -OCH3 is 3. The number of aromatic hydroxyl groups is 1. The summed E-state index contributed by atoms with van der Waals surface area (Å²) in [6.45, 7) is 0. The number of hydrogen-bond donors (Lipinski definition) is 2. The van der Waals surface area contributed by atoms with E-state index in [-0.39, 0.29) is 5.75 Å². The number of nitrogens with zero attached hydrogens (tertiary/aromatic N) is 3. The predicted octanol–water partition coefficient (Wildman–Crippen LogP) is 3.87. The van der Waals surface area contributed by atoms with Crippen LogP contribution in [0.2, 0.25) is 0 Å². The van der Waals surface area contributed by atoms with Crippen molar-refractivity contribution < 1.29 is 19.3 Å². The highest BCUT2D eigenvalue weighted by Gasteiger charge is 2.18. The molecule has 0 atom stereocenters. The summed E-state index contributed by atoms with van der Waals surface area (Å²) in [7, 11) is 4.73. The van der Waals surface area contributed by atoms with E-state index in [2.05, 4.69) is 10.3 Å². The number of rotatable bonds is 6. The summed E-state index contributed by atoms with van der Waals surface area (Å²) >= 11 is 0. The maximum absolute atomic E-state index is 9.95. The van der Waals surface area contributed by atoms with Gasteiger partial charge >= 0.3 is 0 Å². The van der Waals surface area contributed by atoms with Crippen molar-refractivity contribution in [2.24, 2.45) is 0 Å². The van der Waals surface area contributed by atoms with Gasteiger partial charge in [-0.3, -0.25) is 9.38 Å². The Morgan fingerprint density at radius 1 is 0.966 bits per heavy atom. The molecule has 0 bridgehead atoms. The van der Waals surface area contributed by atoms with E-state index in [0.717, 1.165) is 11.3 Å². The van der Waals surface area contributed by atoms with Crippen LogP contribution in [0.25, 0.3) is 16.9 Å². The Labute approximate surface area is 167 Å². The molecule has 4 rings (SSSR count). The minimum Gasteiger partial charge on any atom is -0.504 e. The summed E-state index contributed by atoms with van der Waals surface area (Å²) in [5.41, 5.74) is 2.82. The van der Waals surface area contributed by atoms with Crippen LogP contribution in [0.1, 0.15) is 0 Å². The third-order valence-electron chi connectivity index (χ3n) is 4.54. The van der Waals surface area contributed by atoms with Crippen molar-refractivity contribution in [2.75, 3.05) is 26.6 Å². The first kappa shape index (κ1) is 18.4. The van der Waals surface area contributed by atoms with Gasteiger partial charge in [0, 0.05) is 24.0 Å². The molecule has 0 unspecified atom stereocenters. The van der Waals surface area contributed by atoms with Crippen molar-refractivity contribution in [3.05, 3.63) is 55.0 Å². The zero-order chi connectivity index (χ0) is 20.4. The smallest absolute Gasteiger partial charge is 0.161 e. The van der Waals surface area contributed by atoms with Gasteiger partial charge in [0.15, 0.2) is 17.1 Å². The number of phenols is 1. The highest BCUT2D eigenvalue weighted by atomic mass is 16.5. The van der Waals surface area contributed by atoms with Gasteiger partial charge in [0.25, 0.3) is 0 Å². The van der Waals surface area contributed by atoms with E-state index in [0.29, 0.717) is 34.4 Å². The van der Waals surface area contributed by atoms with Gasteiger partial charge in [0.1, 0.15) is 23.0 Å². The highest BCUT2D eigenvalue weighted by Crippen LogP contribution is 2.38. The molecule has 0 aliphatic heterocycles. The molecule has 2 N–H and O–H groups in total. The van der Waals surface area contributed by atoms with Gasteiger partial charge in [0.05, 0.1) is 33.2 Å². The number of fused-ring (bicyclic) bond motifs is 1. The summed E-state index contributed by atoms with van der Waals surface area (Å²) in [6.07, 6.45) is 5.18. The molecule has 0 aliphatic rings. The number of imidazole rings is 1. The number of ether oxygens (including phenoxy) is 3. The Hall–Kier alpha value is -3.94. The Bertz CT molecular complexity index is 1170. The SMILES string of the molecule is COc1ccc(OC)c(Nc2c(-c3ccc(O)c(OC)c3)nc3cnccn23)c1. The van der Waals surface area contributed by atoms with Crippen molar-refractivity contribution in [3.8, 4) is 34.3 Å². The van der Waals surface area contributed by atoms with Crippen LogP contribution >= 0.6 is 0 Å². The summed E-state index contributed by atoms with van der Waals surface area (Å²) < 4.78 is 18.0. The van der Waals surface area contributed by atoms with Crippen LogP contribution in [0.4, 0.5) is 11.5 Å². The average molecular weight is 392 g/mol. The van der Waals surface area contributed by atoms with Gasteiger partial charge in [-0.15, -0.1) is 0 Å². The molecule has 29 heavy (non-hydrogen) atoms. The third kappa shape index (κ3) is 3.36. The lowest BCUT2D eigenvalue weighted by Gasteiger charge is -2.14. The second-order valence-corrected chi connectivity index (χ2v) is 6.19. The van der Waals surface area contributed by atoms with E-state index in [9.17, 15) is 5.11 Å². The van der Waals surface area contributed by atoms with E-state index in [1.54, 1.807) is 44.8 Å². The number of hydrogen-bond acceptors (Lipinski definition) is 7. The molecule has 0 aliphatic carbocycles. The summed E-state index contributed by atoms with van der Waals surface area (Å²) in [6, 6.07) is 10.6. The van der Waals surface area contributed by atoms with Crippen LogP contribution < -0.4 is 19.5 Å². The largest absolute Gasteiger partial charge is 0.504 e. The number of phenolic OH excluding ortho intramolecular Hbond substituents is 1. The molecule has 4 aromatic rings. The van der Waals surface area contributed by atoms with Crippen molar-refractivity contribution >= 4 is 17.2 Å². The molecule has 0 saturated heterocycles. The first-order valence-electron chi connectivity index (χ1n) is 8.83. The fourth-order valence-corrected chi connectivity index (χ4v) is 3.09. The topological polar surface area (TPSA) is 90.1 Å². The summed E-state index contributed by atoms with van der Waals surface area (Å²) in [5, 5.41) is 13.4. The molecule has 0 radical (unpaired) electrons. The standard InChI is InChI=1S/C21H20N4O4/c1-27-14-5-7-17(28-2)15(11-14)23-21-20(24-19-12-22-8-9-25(19)21)13-4-6-16(26)18(10-13)29-3/h4-12,23,26H,1-3H3. The molecule has 0 saturated carbocycles. The number of nitrogens with one attached hydrogen (secondary N) is 1. The van der Waals surface area contributed by atoms with Crippen LogP contribution in [0, 0.1) is 0 Å². The fourth-order valence-electron chi connectivity index (χ4n) is 3.09. The monoisotopic (exact) mass is 392 g/mol. The first-order chi connectivity index (χ1) is 14.1. The predicted molar refractivity (Wildman–Crippen MR) is 109 cm³/mol. The molecule has 0 amide bonds. The second kappa shape index (κ2) is 7.59. The normalized spacial score (nSPS) is 10.7. The summed E-state index contributed by atoms with van der Waals surface area (Å²) in [4.78, 5) is 8.87. The second-order valence-electron chi connectivity index (χ2n) is 6.19. The molecule has 0 spiro atoms. The first-order valence-corrected chi connectivity index (χ1v) is 8.83. The maximum Gasteiger partial charge on any atom is 0.161 e. The Morgan fingerprint density at radius 2 is 1.79 bits per heavy atom. The molecular formula is C21H20N4O4. The van der Waals surface area contributed by atoms with Crippen LogP contribution in [0.3, 0.4) is 0 Å². The average Bonchev–Trinajstić information content (AvgIpc) is 3.12. The molecular weight excluding hydrogens is 372 g/mol.